The Morgan fingerprint density at radius 3 is 2.76 bits per heavy atom. The van der Waals surface area contributed by atoms with Crippen LogP contribution < -0.4 is 11.2 Å². The molecular weight excluding hydrogens is 270 g/mol. The van der Waals surface area contributed by atoms with Crippen molar-refractivity contribution in [3.63, 3.8) is 0 Å². The summed E-state index contributed by atoms with van der Waals surface area (Å²) >= 11 is 0. The Labute approximate surface area is 121 Å². The molecule has 1 N–H and O–H groups in total. The van der Waals surface area contributed by atoms with Crippen LogP contribution in [0.4, 0.5) is 0 Å². The topological polar surface area (TPSA) is 77.0 Å². The van der Waals surface area contributed by atoms with Crippen molar-refractivity contribution in [1.82, 2.24) is 14.8 Å². The third-order valence-electron chi connectivity index (χ3n) is 2.81. The molecule has 0 unspecified atom stereocenters. The molecule has 0 bridgehead atoms. The van der Waals surface area contributed by atoms with E-state index in [1.54, 1.807) is 0 Å². The summed E-state index contributed by atoms with van der Waals surface area (Å²) in [5, 5.41) is 3.87. The Kier molecular flexibility index (Phi) is 4.84. The number of hydrogen-bond donors (Lipinski definition) is 1. The van der Waals surface area contributed by atoms with E-state index >= 15 is 0 Å². The van der Waals surface area contributed by atoms with Crippen LogP contribution in [0.1, 0.15) is 18.2 Å². The minimum absolute atomic E-state index is 0.00355. The van der Waals surface area contributed by atoms with Crippen molar-refractivity contribution in [3.05, 3.63) is 68.0 Å². The fraction of sp³-hybridized carbons (Fsp3) is 0.267. The fourth-order valence-corrected chi connectivity index (χ4v) is 1.78. The molecule has 1 aromatic heterocycles. The standard InChI is InChI=1S/C15H17N3O3/c1-11(8-13-6-4-3-5-7-13)9-21-10-18-15(20)16-14(19)12(2)17-18/h3-8H,9-10H2,1-2H3,(H,16,19,20)/b11-8+. The lowest BCUT2D eigenvalue weighted by Crippen LogP contribution is -2.34. The SMILES string of the molecule is C/C(=C\c1ccccc1)COCn1nc(C)c(=O)[nH]c1=O. The lowest BCUT2D eigenvalue weighted by Gasteiger charge is -2.06. The van der Waals surface area contributed by atoms with Gasteiger partial charge in [0.1, 0.15) is 12.4 Å². The van der Waals surface area contributed by atoms with Crippen LogP contribution in [-0.4, -0.2) is 21.4 Å². The number of hydrogen-bond acceptors (Lipinski definition) is 4. The number of aryl methyl sites for hydroxylation is 1. The van der Waals surface area contributed by atoms with Gasteiger partial charge in [0, 0.05) is 0 Å². The quantitative estimate of drug-likeness (QED) is 0.899. The van der Waals surface area contributed by atoms with E-state index in [4.69, 9.17) is 4.74 Å². The monoisotopic (exact) mass is 287 g/mol. The van der Waals surface area contributed by atoms with E-state index in [2.05, 4.69) is 10.1 Å². The van der Waals surface area contributed by atoms with Crippen molar-refractivity contribution in [1.29, 1.82) is 0 Å². The zero-order valence-electron chi connectivity index (χ0n) is 12.0. The third-order valence-corrected chi connectivity index (χ3v) is 2.81. The van der Waals surface area contributed by atoms with Crippen molar-refractivity contribution in [3.8, 4) is 0 Å². The predicted molar refractivity (Wildman–Crippen MR) is 79.9 cm³/mol. The first kappa shape index (κ1) is 14.9. The highest BCUT2D eigenvalue weighted by Gasteiger charge is 2.02. The number of ether oxygens (including phenoxy) is 1. The highest BCUT2D eigenvalue weighted by atomic mass is 16.5. The molecule has 0 spiro atoms. The molecule has 6 heteroatoms. The van der Waals surface area contributed by atoms with Crippen LogP contribution in [0.3, 0.4) is 0 Å². The number of benzene rings is 1. The Balaban J connectivity index is 1.96. The molecule has 2 aromatic rings. The average Bonchev–Trinajstić information content (AvgIpc) is 2.45. The van der Waals surface area contributed by atoms with Crippen molar-refractivity contribution in [2.75, 3.05) is 6.61 Å². The van der Waals surface area contributed by atoms with Crippen LogP contribution in [0.5, 0.6) is 0 Å². The molecule has 0 saturated heterocycles. The van der Waals surface area contributed by atoms with Crippen molar-refractivity contribution >= 4 is 6.08 Å². The Hall–Kier alpha value is -2.47. The fourth-order valence-electron chi connectivity index (χ4n) is 1.78. The van der Waals surface area contributed by atoms with Gasteiger partial charge in [-0.3, -0.25) is 9.78 Å². The summed E-state index contributed by atoms with van der Waals surface area (Å²) in [6.07, 6.45) is 2.01. The van der Waals surface area contributed by atoms with E-state index < -0.39 is 11.2 Å². The highest BCUT2D eigenvalue weighted by Crippen LogP contribution is 2.06. The average molecular weight is 287 g/mol. The first-order valence-electron chi connectivity index (χ1n) is 6.54. The Bertz CT molecular complexity index is 745. The van der Waals surface area contributed by atoms with Crippen molar-refractivity contribution in [2.24, 2.45) is 0 Å². The molecule has 0 radical (unpaired) electrons. The number of nitrogens with one attached hydrogen (secondary N) is 1. The van der Waals surface area contributed by atoms with Crippen LogP contribution >= 0.6 is 0 Å². The summed E-state index contributed by atoms with van der Waals surface area (Å²) in [4.78, 5) is 24.9. The van der Waals surface area contributed by atoms with Crippen molar-refractivity contribution < 1.29 is 4.74 Å². The number of aromatic nitrogens is 3. The second-order valence-electron chi connectivity index (χ2n) is 4.72. The Morgan fingerprint density at radius 1 is 1.33 bits per heavy atom. The summed E-state index contributed by atoms with van der Waals surface area (Å²) < 4.78 is 6.53. The number of nitrogens with zero attached hydrogens (tertiary/aromatic N) is 2. The summed E-state index contributed by atoms with van der Waals surface area (Å²) in [5.41, 5.74) is 1.30. The van der Waals surface area contributed by atoms with E-state index in [1.165, 1.54) is 6.92 Å². The highest BCUT2D eigenvalue weighted by molar-refractivity contribution is 5.52. The van der Waals surface area contributed by atoms with Gasteiger partial charge < -0.3 is 4.74 Å². The normalized spacial score (nSPS) is 11.6. The van der Waals surface area contributed by atoms with Gasteiger partial charge in [0.25, 0.3) is 5.56 Å². The van der Waals surface area contributed by atoms with Gasteiger partial charge in [-0.2, -0.15) is 9.78 Å². The molecule has 21 heavy (non-hydrogen) atoms. The number of rotatable bonds is 5. The van der Waals surface area contributed by atoms with E-state index in [0.29, 0.717) is 6.61 Å². The maximum Gasteiger partial charge on any atom is 0.346 e. The maximum atomic E-state index is 11.5. The number of H-pyrrole nitrogens is 1. The molecular formula is C15H17N3O3. The minimum Gasteiger partial charge on any atom is -0.355 e. The van der Waals surface area contributed by atoms with Gasteiger partial charge >= 0.3 is 5.69 Å². The molecule has 0 amide bonds. The third kappa shape index (κ3) is 4.25. The van der Waals surface area contributed by atoms with E-state index in [9.17, 15) is 9.59 Å². The molecule has 0 atom stereocenters. The van der Waals surface area contributed by atoms with Crippen LogP contribution in [0.25, 0.3) is 6.08 Å². The largest absolute Gasteiger partial charge is 0.355 e. The number of aromatic amines is 1. The van der Waals surface area contributed by atoms with Gasteiger partial charge in [0.05, 0.1) is 6.61 Å². The predicted octanol–water partition coefficient (Wildman–Crippen LogP) is 1.32. The Morgan fingerprint density at radius 2 is 2.05 bits per heavy atom. The van der Waals surface area contributed by atoms with E-state index in [1.807, 2.05) is 43.3 Å². The molecule has 2 rings (SSSR count). The minimum atomic E-state index is -0.574. The summed E-state index contributed by atoms with van der Waals surface area (Å²) in [7, 11) is 0. The lowest BCUT2D eigenvalue weighted by molar-refractivity contribution is 0.0809. The zero-order chi connectivity index (χ0) is 15.2. The molecule has 0 aliphatic carbocycles. The van der Waals surface area contributed by atoms with E-state index in [-0.39, 0.29) is 12.4 Å². The first-order valence-corrected chi connectivity index (χ1v) is 6.54. The van der Waals surface area contributed by atoms with Gasteiger partial charge in [-0.15, -0.1) is 0 Å². The molecule has 110 valence electrons. The smallest absolute Gasteiger partial charge is 0.346 e. The zero-order valence-corrected chi connectivity index (χ0v) is 12.0. The lowest BCUT2D eigenvalue weighted by atomic mass is 10.1. The van der Waals surface area contributed by atoms with Crippen molar-refractivity contribution in [2.45, 2.75) is 20.6 Å². The maximum absolute atomic E-state index is 11.5. The molecule has 1 heterocycles. The van der Waals surface area contributed by atoms with Gasteiger partial charge in [0.15, 0.2) is 0 Å². The van der Waals surface area contributed by atoms with Crippen LogP contribution in [0.2, 0.25) is 0 Å². The van der Waals surface area contributed by atoms with Gasteiger partial charge in [-0.1, -0.05) is 36.4 Å². The molecule has 0 fully saturated rings. The summed E-state index contributed by atoms with van der Waals surface area (Å²) in [5.74, 6) is 0. The van der Waals surface area contributed by atoms with Gasteiger partial charge in [0.2, 0.25) is 0 Å². The molecule has 1 aromatic carbocycles. The van der Waals surface area contributed by atoms with Crippen LogP contribution in [-0.2, 0) is 11.5 Å². The first-order chi connectivity index (χ1) is 10.1. The molecule has 0 aliphatic rings. The molecule has 6 nitrogen and oxygen atoms in total. The van der Waals surface area contributed by atoms with Crippen LogP contribution in [0, 0.1) is 6.92 Å². The van der Waals surface area contributed by atoms with Crippen LogP contribution in [0.15, 0.2) is 45.5 Å². The second kappa shape index (κ2) is 6.81. The van der Waals surface area contributed by atoms with E-state index in [0.717, 1.165) is 15.8 Å². The molecule has 0 aliphatic heterocycles. The van der Waals surface area contributed by atoms with Gasteiger partial charge in [-0.05, 0) is 25.0 Å². The summed E-state index contributed by atoms with van der Waals surface area (Å²) in [6.45, 7) is 3.86. The van der Waals surface area contributed by atoms with Gasteiger partial charge in [-0.25, -0.2) is 4.79 Å². The second-order valence-corrected chi connectivity index (χ2v) is 4.72. The summed E-state index contributed by atoms with van der Waals surface area (Å²) in [6, 6.07) is 9.89. The molecule has 0 saturated carbocycles.